The van der Waals surface area contributed by atoms with Crippen molar-refractivity contribution in [3.05, 3.63) is 46.5 Å². The van der Waals surface area contributed by atoms with E-state index in [0.717, 1.165) is 36.1 Å². The molecule has 0 saturated heterocycles. The van der Waals surface area contributed by atoms with Crippen molar-refractivity contribution in [2.75, 3.05) is 6.61 Å². The molecule has 1 amide bonds. The summed E-state index contributed by atoms with van der Waals surface area (Å²) < 4.78 is 15.8. The van der Waals surface area contributed by atoms with E-state index in [1.54, 1.807) is 17.7 Å². The first-order valence-corrected chi connectivity index (χ1v) is 7.80. The first kappa shape index (κ1) is 15.7. The molecule has 0 aliphatic heterocycles. The fourth-order valence-electron chi connectivity index (χ4n) is 2.94. The van der Waals surface area contributed by atoms with Crippen LogP contribution in [0.5, 0.6) is 0 Å². The van der Waals surface area contributed by atoms with Gasteiger partial charge in [0.15, 0.2) is 5.69 Å². The van der Waals surface area contributed by atoms with Crippen LogP contribution in [0.15, 0.2) is 18.2 Å². The molecular formula is C17H20FN3O2. The Kier molecular flexibility index (Phi) is 4.17. The molecule has 6 heteroatoms. The molecule has 0 saturated carbocycles. The molecule has 0 fully saturated rings. The molecule has 0 radical (unpaired) electrons. The number of amides is 1. The number of benzene rings is 1. The summed E-state index contributed by atoms with van der Waals surface area (Å²) in [5.41, 5.74) is 3.31. The summed E-state index contributed by atoms with van der Waals surface area (Å²) in [5, 5.41) is 16.1. The first-order chi connectivity index (χ1) is 11.0. The van der Waals surface area contributed by atoms with E-state index in [1.165, 1.54) is 6.07 Å². The maximum atomic E-state index is 14.3. The SMILES string of the molecule is Cc1ccc(-n2nc(C(=O)NC(C)CO)c3c2CCC3)c(F)c1. The van der Waals surface area contributed by atoms with Gasteiger partial charge in [-0.25, -0.2) is 9.07 Å². The third kappa shape index (κ3) is 2.86. The first-order valence-electron chi connectivity index (χ1n) is 7.80. The van der Waals surface area contributed by atoms with Gasteiger partial charge in [-0.1, -0.05) is 6.07 Å². The Balaban J connectivity index is 2.03. The van der Waals surface area contributed by atoms with Gasteiger partial charge in [-0.3, -0.25) is 4.79 Å². The van der Waals surface area contributed by atoms with Crippen LogP contribution >= 0.6 is 0 Å². The number of aliphatic hydroxyl groups is 1. The highest BCUT2D eigenvalue weighted by molar-refractivity contribution is 5.94. The van der Waals surface area contributed by atoms with E-state index in [1.807, 2.05) is 13.0 Å². The number of hydrogen-bond donors (Lipinski definition) is 2. The molecule has 1 aromatic heterocycles. The van der Waals surface area contributed by atoms with Gasteiger partial charge in [0.2, 0.25) is 0 Å². The Hall–Kier alpha value is -2.21. The molecule has 0 bridgehead atoms. The molecule has 0 spiro atoms. The van der Waals surface area contributed by atoms with Crippen LogP contribution in [0, 0.1) is 12.7 Å². The second-order valence-corrected chi connectivity index (χ2v) is 6.05. The minimum absolute atomic E-state index is 0.138. The fraction of sp³-hybridized carbons (Fsp3) is 0.412. The Morgan fingerprint density at radius 1 is 1.48 bits per heavy atom. The third-order valence-corrected chi connectivity index (χ3v) is 4.13. The smallest absolute Gasteiger partial charge is 0.272 e. The Labute approximate surface area is 134 Å². The van der Waals surface area contributed by atoms with Crippen molar-refractivity contribution >= 4 is 5.91 Å². The monoisotopic (exact) mass is 317 g/mol. The van der Waals surface area contributed by atoms with Gasteiger partial charge >= 0.3 is 0 Å². The van der Waals surface area contributed by atoms with E-state index in [9.17, 15) is 9.18 Å². The Bertz CT molecular complexity index is 755. The minimum atomic E-state index is -0.349. The number of carbonyl (C=O) groups excluding carboxylic acids is 1. The summed E-state index contributed by atoms with van der Waals surface area (Å²) in [6.07, 6.45) is 2.47. The number of aromatic nitrogens is 2. The van der Waals surface area contributed by atoms with Gasteiger partial charge in [0.1, 0.15) is 11.5 Å². The molecule has 2 aromatic rings. The highest BCUT2D eigenvalue weighted by atomic mass is 19.1. The average molecular weight is 317 g/mol. The largest absolute Gasteiger partial charge is 0.394 e. The molecule has 1 aliphatic rings. The lowest BCUT2D eigenvalue weighted by molar-refractivity contribution is 0.0916. The zero-order chi connectivity index (χ0) is 16.6. The number of rotatable bonds is 4. The molecule has 2 N–H and O–H groups in total. The van der Waals surface area contributed by atoms with Gasteiger partial charge in [-0.05, 0) is 50.8 Å². The van der Waals surface area contributed by atoms with E-state index >= 15 is 0 Å². The number of nitrogens with zero attached hydrogens (tertiary/aromatic N) is 2. The summed E-state index contributed by atoms with van der Waals surface area (Å²) in [7, 11) is 0. The number of nitrogens with one attached hydrogen (secondary N) is 1. The molecule has 1 atom stereocenters. The van der Waals surface area contributed by atoms with E-state index in [0.29, 0.717) is 11.4 Å². The quantitative estimate of drug-likeness (QED) is 0.905. The van der Waals surface area contributed by atoms with Crippen molar-refractivity contribution in [2.24, 2.45) is 0 Å². The number of hydrogen-bond acceptors (Lipinski definition) is 3. The van der Waals surface area contributed by atoms with Crippen LogP contribution in [-0.4, -0.2) is 33.4 Å². The van der Waals surface area contributed by atoms with Crippen molar-refractivity contribution in [3.8, 4) is 5.69 Å². The van der Waals surface area contributed by atoms with Crippen molar-refractivity contribution in [2.45, 2.75) is 39.2 Å². The molecule has 1 heterocycles. The third-order valence-electron chi connectivity index (χ3n) is 4.13. The maximum Gasteiger partial charge on any atom is 0.272 e. The summed E-state index contributed by atoms with van der Waals surface area (Å²) >= 11 is 0. The van der Waals surface area contributed by atoms with Crippen LogP contribution in [0.3, 0.4) is 0 Å². The standard InChI is InChI=1S/C17H20FN3O2/c1-10-6-7-15(13(18)8-10)21-14-5-3-4-12(14)16(20-21)17(23)19-11(2)9-22/h6-8,11,22H,3-5,9H2,1-2H3,(H,19,23). The Morgan fingerprint density at radius 2 is 2.26 bits per heavy atom. The van der Waals surface area contributed by atoms with E-state index < -0.39 is 0 Å². The van der Waals surface area contributed by atoms with Gasteiger partial charge in [0.25, 0.3) is 5.91 Å². The number of halogens is 1. The lowest BCUT2D eigenvalue weighted by atomic mass is 10.2. The molecule has 1 aromatic carbocycles. The summed E-state index contributed by atoms with van der Waals surface area (Å²) in [6, 6.07) is 4.63. The van der Waals surface area contributed by atoms with E-state index in [4.69, 9.17) is 5.11 Å². The van der Waals surface area contributed by atoms with Crippen LogP contribution in [0.25, 0.3) is 5.69 Å². The molecule has 5 nitrogen and oxygen atoms in total. The van der Waals surface area contributed by atoms with Crippen molar-refractivity contribution in [3.63, 3.8) is 0 Å². The van der Waals surface area contributed by atoms with Gasteiger partial charge in [0.05, 0.1) is 6.61 Å². The second-order valence-electron chi connectivity index (χ2n) is 6.05. The van der Waals surface area contributed by atoms with Crippen LogP contribution in [0.4, 0.5) is 4.39 Å². The lowest BCUT2D eigenvalue weighted by Gasteiger charge is -2.10. The number of fused-ring (bicyclic) bond motifs is 1. The van der Waals surface area contributed by atoms with Crippen molar-refractivity contribution < 1.29 is 14.3 Å². The number of carbonyl (C=O) groups is 1. The summed E-state index contributed by atoms with van der Waals surface area (Å²) in [4.78, 5) is 12.4. The molecule has 122 valence electrons. The normalized spacial score (nSPS) is 14.6. The Morgan fingerprint density at radius 3 is 2.96 bits per heavy atom. The van der Waals surface area contributed by atoms with Crippen LogP contribution < -0.4 is 5.32 Å². The zero-order valence-electron chi connectivity index (χ0n) is 13.3. The highest BCUT2D eigenvalue weighted by Gasteiger charge is 2.28. The summed E-state index contributed by atoms with van der Waals surface area (Å²) in [6.45, 7) is 3.41. The zero-order valence-corrected chi connectivity index (χ0v) is 13.3. The predicted octanol–water partition coefficient (Wildman–Crippen LogP) is 1.92. The highest BCUT2D eigenvalue weighted by Crippen LogP contribution is 2.29. The van der Waals surface area contributed by atoms with Gasteiger partial charge in [-0.2, -0.15) is 5.10 Å². The topological polar surface area (TPSA) is 67.2 Å². The van der Waals surface area contributed by atoms with E-state index in [2.05, 4.69) is 10.4 Å². The molecule has 1 aliphatic carbocycles. The maximum absolute atomic E-state index is 14.3. The average Bonchev–Trinajstić information content (AvgIpc) is 3.09. The molecule has 23 heavy (non-hydrogen) atoms. The molecule has 1 unspecified atom stereocenters. The van der Waals surface area contributed by atoms with Crippen LogP contribution in [0.2, 0.25) is 0 Å². The van der Waals surface area contributed by atoms with Crippen molar-refractivity contribution in [1.82, 2.24) is 15.1 Å². The number of aliphatic hydroxyl groups excluding tert-OH is 1. The van der Waals surface area contributed by atoms with E-state index in [-0.39, 0.29) is 24.4 Å². The van der Waals surface area contributed by atoms with Gasteiger partial charge in [0, 0.05) is 17.3 Å². The number of aryl methyl sites for hydroxylation is 1. The van der Waals surface area contributed by atoms with Crippen LogP contribution in [0.1, 0.15) is 40.7 Å². The van der Waals surface area contributed by atoms with Gasteiger partial charge in [-0.15, -0.1) is 0 Å². The predicted molar refractivity (Wildman–Crippen MR) is 84.3 cm³/mol. The summed E-state index contributed by atoms with van der Waals surface area (Å²) in [5.74, 6) is -0.672. The lowest BCUT2D eigenvalue weighted by Crippen LogP contribution is -2.35. The van der Waals surface area contributed by atoms with Crippen molar-refractivity contribution in [1.29, 1.82) is 0 Å². The van der Waals surface area contributed by atoms with Gasteiger partial charge < -0.3 is 10.4 Å². The fourth-order valence-corrected chi connectivity index (χ4v) is 2.94. The molecule has 3 rings (SSSR count). The molecular weight excluding hydrogens is 297 g/mol. The second kappa shape index (κ2) is 6.12. The minimum Gasteiger partial charge on any atom is -0.394 e. The van der Waals surface area contributed by atoms with Crippen LogP contribution in [-0.2, 0) is 12.8 Å².